The number of likely N-dealkylation sites (tertiary alicyclic amines) is 1. The summed E-state index contributed by atoms with van der Waals surface area (Å²) in [6, 6.07) is 1.88. The van der Waals surface area contributed by atoms with E-state index in [4.69, 9.17) is 9.47 Å². The van der Waals surface area contributed by atoms with Crippen molar-refractivity contribution in [3.05, 3.63) is 12.4 Å². The van der Waals surface area contributed by atoms with Crippen LogP contribution in [-0.2, 0) is 4.74 Å². The van der Waals surface area contributed by atoms with Crippen LogP contribution in [0.15, 0.2) is 12.4 Å². The Bertz CT molecular complexity index is 501. The number of carbonyl (C=O) groups excluding carboxylic acids is 1. The molecular formula is C14H22N4O3. The van der Waals surface area contributed by atoms with E-state index in [0.717, 1.165) is 6.42 Å². The lowest BCUT2D eigenvalue weighted by Crippen LogP contribution is -2.36. The molecule has 1 unspecified atom stereocenters. The Kier molecular flexibility index (Phi) is 4.50. The Balaban J connectivity index is 1.89. The molecule has 0 spiro atoms. The topological polar surface area (TPSA) is 76.6 Å². The maximum absolute atomic E-state index is 12.0. The highest BCUT2D eigenvalue weighted by Gasteiger charge is 2.29. The third-order valence-corrected chi connectivity index (χ3v) is 3.04. The summed E-state index contributed by atoms with van der Waals surface area (Å²) in [4.78, 5) is 21.8. The van der Waals surface area contributed by atoms with Crippen LogP contribution in [0.25, 0.3) is 0 Å². The van der Waals surface area contributed by atoms with Crippen molar-refractivity contribution in [1.29, 1.82) is 0 Å². The van der Waals surface area contributed by atoms with E-state index in [-0.39, 0.29) is 12.1 Å². The number of carbonyl (C=O) groups is 1. The largest absolute Gasteiger partial charge is 0.481 e. The fourth-order valence-electron chi connectivity index (χ4n) is 2.11. The van der Waals surface area contributed by atoms with E-state index in [1.54, 1.807) is 18.1 Å². The van der Waals surface area contributed by atoms with Gasteiger partial charge in [-0.25, -0.2) is 14.8 Å². The van der Waals surface area contributed by atoms with Gasteiger partial charge in [0.1, 0.15) is 17.7 Å². The molecule has 116 valence electrons. The smallest absolute Gasteiger partial charge is 0.410 e. The molecule has 21 heavy (non-hydrogen) atoms. The number of amides is 1. The first-order valence-corrected chi connectivity index (χ1v) is 6.98. The average Bonchev–Trinajstić information content (AvgIpc) is 2.85. The predicted octanol–water partition coefficient (Wildman–Crippen LogP) is 1.91. The second kappa shape index (κ2) is 6.15. The van der Waals surface area contributed by atoms with Crippen molar-refractivity contribution < 1.29 is 14.3 Å². The zero-order chi connectivity index (χ0) is 15.5. The Labute approximate surface area is 124 Å². The van der Waals surface area contributed by atoms with E-state index >= 15 is 0 Å². The number of nitrogens with zero attached hydrogens (tertiary/aromatic N) is 3. The van der Waals surface area contributed by atoms with Gasteiger partial charge in [-0.15, -0.1) is 0 Å². The van der Waals surface area contributed by atoms with Gasteiger partial charge in [0.15, 0.2) is 0 Å². The molecule has 2 heterocycles. The molecule has 7 nitrogen and oxygen atoms in total. The summed E-state index contributed by atoms with van der Waals surface area (Å²) in [7, 11) is 1.56. The molecule has 1 aliphatic rings. The first kappa shape index (κ1) is 15.3. The van der Waals surface area contributed by atoms with Crippen LogP contribution in [0.2, 0.25) is 0 Å². The fourth-order valence-corrected chi connectivity index (χ4v) is 2.11. The molecule has 1 aromatic rings. The molecule has 0 bridgehead atoms. The van der Waals surface area contributed by atoms with Gasteiger partial charge in [0.05, 0.1) is 7.11 Å². The molecule has 1 saturated heterocycles. The number of rotatable bonds is 3. The van der Waals surface area contributed by atoms with Crippen LogP contribution in [0.1, 0.15) is 27.2 Å². The van der Waals surface area contributed by atoms with Crippen LogP contribution < -0.4 is 10.1 Å². The maximum atomic E-state index is 12.0. The van der Waals surface area contributed by atoms with Crippen LogP contribution >= 0.6 is 0 Å². The molecular weight excluding hydrogens is 272 g/mol. The van der Waals surface area contributed by atoms with Crippen molar-refractivity contribution in [3.8, 4) is 5.88 Å². The summed E-state index contributed by atoms with van der Waals surface area (Å²) in [6.07, 6.45) is 2.03. The molecule has 1 N–H and O–H groups in total. The minimum Gasteiger partial charge on any atom is -0.481 e. The second-order valence-electron chi connectivity index (χ2n) is 6.00. The van der Waals surface area contributed by atoms with Gasteiger partial charge in [0.2, 0.25) is 5.88 Å². The zero-order valence-corrected chi connectivity index (χ0v) is 12.9. The van der Waals surface area contributed by atoms with Crippen LogP contribution in [0.4, 0.5) is 10.6 Å². The van der Waals surface area contributed by atoms with Crippen molar-refractivity contribution >= 4 is 11.9 Å². The quantitative estimate of drug-likeness (QED) is 0.917. The molecule has 0 aromatic carbocycles. The van der Waals surface area contributed by atoms with Gasteiger partial charge in [-0.1, -0.05) is 0 Å². The number of nitrogens with one attached hydrogen (secondary N) is 1. The van der Waals surface area contributed by atoms with Gasteiger partial charge in [0, 0.05) is 25.2 Å². The Morgan fingerprint density at radius 1 is 1.43 bits per heavy atom. The van der Waals surface area contributed by atoms with Crippen molar-refractivity contribution in [1.82, 2.24) is 14.9 Å². The average molecular weight is 294 g/mol. The predicted molar refractivity (Wildman–Crippen MR) is 78.4 cm³/mol. The summed E-state index contributed by atoms with van der Waals surface area (Å²) in [5.74, 6) is 1.20. The van der Waals surface area contributed by atoms with E-state index in [1.165, 1.54) is 6.33 Å². The Morgan fingerprint density at radius 3 is 2.86 bits per heavy atom. The van der Waals surface area contributed by atoms with E-state index in [0.29, 0.717) is 24.8 Å². The molecule has 1 fully saturated rings. The number of hydrogen-bond acceptors (Lipinski definition) is 6. The standard InChI is InChI=1S/C14H22N4O3/c1-14(2,3)21-13(19)18-6-5-10(8-18)17-11-7-12(20-4)16-9-15-11/h7,9-10H,5-6,8H2,1-4H3,(H,15,16,17). The van der Waals surface area contributed by atoms with Gasteiger partial charge in [0.25, 0.3) is 0 Å². The Hall–Kier alpha value is -2.05. The number of anilines is 1. The molecule has 0 radical (unpaired) electrons. The third-order valence-electron chi connectivity index (χ3n) is 3.04. The number of methoxy groups -OCH3 is 1. The normalized spacial score (nSPS) is 18.5. The van der Waals surface area contributed by atoms with Crippen LogP contribution in [0, 0.1) is 0 Å². The van der Waals surface area contributed by atoms with E-state index in [9.17, 15) is 4.79 Å². The minimum absolute atomic E-state index is 0.150. The number of ether oxygens (including phenoxy) is 2. The van der Waals surface area contributed by atoms with Crippen molar-refractivity contribution in [2.45, 2.75) is 38.8 Å². The lowest BCUT2D eigenvalue weighted by Gasteiger charge is -2.24. The first-order valence-electron chi connectivity index (χ1n) is 6.98. The highest BCUT2D eigenvalue weighted by atomic mass is 16.6. The summed E-state index contributed by atoms with van der Waals surface area (Å²) in [6.45, 7) is 6.87. The third kappa shape index (κ3) is 4.47. The van der Waals surface area contributed by atoms with Gasteiger partial charge in [-0.2, -0.15) is 0 Å². The van der Waals surface area contributed by atoms with Gasteiger partial charge < -0.3 is 19.7 Å². The molecule has 0 saturated carbocycles. The lowest BCUT2D eigenvalue weighted by molar-refractivity contribution is 0.0293. The lowest BCUT2D eigenvalue weighted by atomic mass is 10.2. The van der Waals surface area contributed by atoms with Gasteiger partial charge in [-0.3, -0.25) is 0 Å². The molecule has 1 atom stereocenters. The number of aromatic nitrogens is 2. The van der Waals surface area contributed by atoms with Crippen LogP contribution in [-0.4, -0.2) is 52.8 Å². The van der Waals surface area contributed by atoms with Crippen molar-refractivity contribution in [2.24, 2.45) is 0 Å². The minimum atomic E-state index is -0.470. The summed E-state index contributed by atoms with van der Waals surface area (Å²) >= 11 is 0. The second-order valence-corrected chi connectivity index (χ2v) is 6.00. The van der Waals surface area contributed by atoms with Crippen molar-refractivity contribution in [3.63, 3.8) is 0 Å². The van der Waals surface area contributed by atoms with Gasteiger partial charge >= 0.3 is 6.09 Å². The molecule has 7 heteroatoms. The molecule has 1 aliphatic heterocycles. The Morgan fingerprint density at radius 2 is 2.19 bits per heavy atom. The van der Waals surface area contributed by atoms with Crippen molar-refractivity contribution in [2.75, 3.05) is 25.5 Å². The summed E-state index contributed by atoms with van der Waals surface area (Å²) in [5.41, 5.74) is -0.470. The SMILES string of the molecule is COc1cc(NC2CCN(C(=O)OC(C)(C)C)C2)ncn1. The molecule has 2 rings (SSSR count). The summed E-state index contributed by atoms with van der Waals surface area (Å²) < 4.78 is 10.4. The number of hydrogen-bond donors (Lipinski definition) is 1. The summed E-state index contributed by atoms with van der Waals surface area (Å²) in [5, 5.41) is 3.28. The highest BCUT2D eigenvalue weighted by molar-refractivity contribution is 5.68. The van der Waals surface area contributed by atoms with Crippen LogP contribution in [0.3, 0.4) is 0 Å². The molecule has 0 aliphatic carbocycles. The maximum Gasteiger partial charge on any atom is 0.410 e. The fraction of sp³-hybridized carbons (Fsp3) is 0.643. The highest BCUT2D eigenvalue weighted by Crippen LogP contribution is 2.19. The van der Waals surface area contributed by atoms with Crippen LogP contribution in [0.5, 0.6) is 5.88 Å². The van der Waals surface area contributed by atoms with E-state index in [1.807, 2.05) is 20.8 Å². The monoisotopic (exact) mass is 294 g/mol. The van der Waals surface area contributed by atoms with E-state index in [2.05, 4.69) is 15.3 Å². The van der Waals surface area contributed by atoms with Gasteiger partial charge in [-0.05, 0) is 27.2 Å². The van der Waals surface area contributed by atoms with E-state index < -0.39 is 5.60 Å². The first-order chi connectivity index (χ1) is 9.87. The molecule has 1 amide bonds. The molecule has 1 aromatic heterocycles. The zero-order valence-electron chi connectivity index (χ0n) is 12.9.